The van der Waals surface area contributed by atoms with Crippen molar-refractivity contribution >= 4 is 11.3 Å². The maximum absolute atomic E-state index is 6.31. The van der Waals surface area contributed by atoms with Crippen molar-refractivity contribution in [3.05, 3.63) is 40.1 Å². The van der Waals surface area contributed by atoms with Gasteiger partial charge >= 0.3 is 0 Å². The molecule has 0 fully saturated rings. The fourth-order valence-electron chi connectivity index (χ4n) is 1.96. The molecule has 1 aromatic heterocycles. The molecule has 19 heavy (non-hydrogen) atoms. The average Bonchev–Trinajstić information content (AvgIpc) is 2.99. The lowest BCUT2D eigenvalue weighted by Crippen LogP contribution is -2.14. The number of methoxy groups -OCH3 is 3. The summed E-state index contributed by atoms with van der Waals surface area (Å²) in [6, 6.07) is 5.33. The van der Waals surface area contributed by atoms with E-state index in [0.717, 1.165) is 11.1 Å². The van der Waals surface area contributed by atoms with Gasteiger partial charge in [0.1, 0.15) is 17.2 Å². The molecular weight excluding hydrogens is 262 g/mol. The van der Waals surface area contributed by atoms with E-state index in [2.05, 4.69) is 0 Å². The van der Waals surface area contributed by atoms with Crippen molar-refractivity contribution in [1.29, 1.82) is 0 Å². The first-order valence-electron chi connectivity index (χ1n) is 5.78. The molecule has 1 heterocycles. The van der Waals surface area contributed by atoms with Crippen molar-refractivity contribution in [3.63, 3.8) is 0 Å². The molecule has 0 bridgehead atoms. The zero-order valence-corrected chi connectivity index (χ0v) is 12.0. The Bertz CT molecular complexity index is 515. The fraction of sp³-hybridized carbons (Fsp3) is 0.286. The summed E-state index contributed by atoms with van der Waals surface area (Å²) in [5.74, 6) is 2.00. The second-order valence-electron chi connectivity index (χ2n) is 3.98. The minimum Gasteiger partial charge on any atom is -0.496 e. The van der Waals surface area contributed by atoms with Crippen LogP contribution in [0.5, 0.6) is 17.2 Å². The first kappa shape index (κ1) is 13.7. The molecule has 0 radical (unpaired) electrons. The van der Waals surface area contributed by atoms with Gasteiger partial charge in [0, 0.05) is 12.1 Å². The van der Waals surface area contributed by atoms with Crippen molar-refractivity contribution in [2.45, 2.75) is 6.04 Å². The number of nitrogens with two attached hydrogens (primary N) is 1. The van der Waals surface area contributed by atoms with E-state index in [4.69, 9.17) is 19.9 Å². The van der Waals surface area contributed by atoms with Gasteiger partial charge in [-0.15, -0.1) is 0 Å². The predicted molar refractivity (Wildman–Crippen MR) is 76.4 cm³/mol. The van der Waals surface area contributed by atoms with Gasteiger partial charge in [-0.05, 0) is 22.4 Å². The van der Waals surface area contributed by atoms with Crippen LogP contribution in [0.2, 0.25) is 0 Å². The highest BCUT2D eigenvalue weighted by Crippen LogP contribution is 2.39. The Hall–Kier alpha value is -1.72. The van der Waals surface area contributed by atoms with Gasteiger partial charge < -0.3 is 19.9 Å². The standard InChI is InChI=1S/C14H17NO3S/c1-16-10-6-11(17-2)13(12(7-10)18-3)14(15)9-4-5-19-8-9/h4-8,14H,15H2,1-3H3. The zero-order chi connectivity index (χ0) is 13.8. The number of thiophene rings is 1. The van der Waals surface area contributed by atoms with Crippen LogP contribution in [0, 0.1) is 0 Å². The van der Waals surface area contributed by atoms with E-state index < -0.39 is 0 Å². The van der Waals surface area contributed by atoms with Crippen LogP contribution in [-0.2, 0) is 0 Å². The molecule has 5 heteroatoms. The minimum atomic E-state index is -0.290. The Kier molecular flexibility index (Phi) is 4.29. The van der Waals surface area contributed by atoms with Crippen molar-refractivity contribution in [3.8, 4) is 17.2 Å². The lowest BCUT2D eigenvalue weighted by molar-refractivity contribution is 0.366. The van der Waals surface area contributed by atoms with E-state index in [9.17, 15) is 0 Å². The Morgan fingerprint density at radius 3 is 2.11 bits per heavy atom. The molecule has 0 saturated heterocycles. The Morgan fingerprint density at radius 1 is 1.05 bits per heavy atom. The molecule has 1 unspecified atom stereocenters. The van der Waals surface area contributed by atoms with E-state index in [1.54, 1.807) is 32.7 Å². The average molecular weight is 279 g/mol. The first-order valence-corrected chi connectivity index (χ1v) is 6.73. The number of ether oxygens (including phenoxy) is 3. The summed E-state index contributed by atoms with van der Waals surface area (Å²) in [4.78, 5) is 0. The van der Waals surface area contributed by atoms with Gasteiger partial charge in [0.15, 0.2) is 0 Å². The number of benzene rings is 1. The van der Waals surface area contributed by atoms with Gasteiger partial charge in [-0.3, -0.25) is 0 Å². The largest absolute Gasteiger partial charge is 0.496 e. The highest BCUT2D eigenvalue weighted by atomic mass is 32.1. The SMILES string of the molecule is COc1cc(OC)c(C(N)c2ccsc2)c(OC)c1. The third kappa shape index (κ3) is 2.67. The van der Waals surface area contributed by atoms with Crippen LogP contribution >= 0.6 is 11.3 Å². The summed E-state index contributed by atoms with van der Waals surface area (Å²) in [6.45, 7) is 0. The predicted octanol–water partition coefficient (Wildman–Crippen LogP) is 2.82. The third-order valence-electron chi connectivity index (χ3n) is 2.97. The number of rotatable bonds is 5. The maximum Gasteiger partial charge on any atom is 0.131 e. The van der Waals surface area contributed by atoms with Crippen LogP contribution < -0.4 is 19.9 Å². The molecule has 0 amide bonds. The molecule has 1 aromatic carbocycles. The van der Waals surface area contributed by atoms with Crippen LogP contribution in [0.1, 0.15) is 17.2 Å². The van der Waals surface area contributed by atoms with E-state index in [-0.39, 0.29) is 6.04 Å². The number of hydrogen-bond donors (Lipinski definition) is 1. The van der Waals surface area contributed by atoms with Crippen molar-refractivity contribution < 1.29 is 14.2 Å². The van der Waals surface area contributed by atoms with E-state index in [1.165, 1.54) is 0 Å². The monoisotopic (exact) mass is 279 g/mol. The molecule has 0 spiro atoms. The topological polar surface area (TPSA) is 53.7 Å². The fourth-order valence-corrected chi connectivity index (χ4v) is 2.65. The highest BCUT2D eigenvalue weighted by Gasteiger charge is 2.21. The molecule has 0 saturated carbocycles. The molecule has 0 aliphatic heterocycles. The molecule has 0 aliphatic carbocycles. The smallest absolute Gasteiger partial charge is 0.131 e. The molecule has 2 aromatic rings. The van der Waals surface area contributed by atoms with Gasteiger partial charge in [0.25, 0.3) is 0 Å². The molecular formula is C14H17NO3S. The number of hydrogen-bond acceptors (Lipinski definition) is 5. The summed E-state index contributed by atoms with van der Waals surface area (Å²) < 4.78 is 16.1. The van der Waals surface area contributed by atoms with E-state index in [1.807, 2.05) is 29.0 Å². The lowest BCUT2D eigenvalue weighted by Gasteiger charge is -2.19. The Labute approximate surface area is 116 Å². The van der Waals surface area contributed by atoms with E-state index in [0.29, 0.717) is 17.2 Å². The van der Waals surface area contributed by atoms with Crippen LogP contribution in [0.15, 0.2) is 29.0 Å². The minimum absolute atomic E-state index is 0.290. The van der Waals surface area contributed by atoms with Crippen molar-refractivity contribution in [2.24, 2.45) is 5.73 Å². The van der Waals surface area contributed by atoms with Gasteiger partial charge in [0.05, 0.1) is 32.9 Å². The van der Waals surface area contributed by atoms with Crippen LogP contribution in [0.25, 0.3) is 0 Å². The third-order valence-corrected chi connectivity index (χ3v) is 3.67. The second-order valence-corrected chi connectivity index (χ2v) is 4.76. The Balaban J connectivity index is 2.54. The van der Waals surface area contributed by atoms with Crippen LogP contribution in [0.4, 0.5) is 0 Å². The molecule has 2 rings (SSSR count). The summed E-state index contributed by atoms with van der Waals surface area (Å²) in [5.41, 5.74) is 8.17. The molecule has 102 valence electrons. The van der Waals surface area contributed by atoms with E-state index >= 15 is 0 Å². The molecule has 1 atom stereocenters. The zero-order valence-electron chi connectivity index (χ0n) is 11.2. The molecule has 2 N–H and O–H groups in total. The van der Waals surface area contributed by atoms with Crippen LogP contribution in [-0.4, -0.2) is 21.3 Å². The van der Waals surface area contributed by atoms with Crippen molar-refractivity contribution in [1.82, 2.24) is 0 Å². The lowest BCUT2D eigenvalue weighted by atomic mass is 9.99. The maximum atomic E-state index is 6.31. The van der Waals surface area contributed by atoms with Gasteiger partial charge in [-0.1, -0.05) is 0 Å². The molecule has 0 aliphatic rings. The summed E-state index contributed by atoms with van der Waals surface area (Å²) in [6.07, 6.45) is 0. The first-order chi connectivity index (χ1) is 9.21. The summed E-state index contributed by atoms with van der Waals surface area (Å²) in [7, 11) is 4.82. The Morgan fingerprint density at radius 2 is 1.68 bits per heavy atom. The quantitative estimate of drug-likeness (QED) is 0.914. The van der Waals surface area contributed by atoms with Gasteiger partial charge in [-0.25, -0.2) is 0 Å². The second kappa shape index (κ2) is 5.95. The van der Waals surface area contributed by atoms with Gasteiger partial charge in [0.2, 0.25) is 0 Å². The van der Waals surface area contributed by atoms with Crippen molar-refractivity contribution in [2.75, 3.05) is 21.3 Å². The summed E-state index contributed by atoms with van der Waals surface area (Å²) in [5, 5.41) is 4.02. The summed E-state index contributed by atoms with van der Waals surface area (Å²) >= 11 is 1.61. The van der Waals surface area contributed by atoms with Crippen LogP contribution in [0.3, 0.4) is 0 Å². The van der Waals surface area contributed by atoms with Gasteiger partial charge in [-0.2, -0.15) is 11.3 Å². The normalized spacial score (nSPS) is 12.0. The highest BCUT2D eigenvalue weighted by molar-refractivity contribution is 7.08. The molecule has 4 nitrogen and oxygen atoms in total.